The average molecular weight is 379 g/mol. The van der Waals surface area contributed by atoms with Gasteiger partial charge < -0.3 is 5.32 Å². The molecule has 1 heterocycles. The molecular weight excluding hydrogens is 352 g/mol. The van der Waals surface area contributed by atoms with E-state index in [4.69, 9.17) is 0 Å². The molecule has 0 aliphatic heterocycles. The van der Waals surface area contributed by atoms with Gasteiger partial charge in [-0.15, -0.1) is 11.3 Å². The molecule has 0 radical (unpaired) electrons. The molecule has 1 amide bonds. The molecule has 3 aromatic rings. The van der Waals surface area contributed by atoms with Crippen molar-refractivity contribution < 1.29 is 4.79 Å². The minimum atomic E-state index is 0.00363. The highest BCUT2D eigenvalue weighted by Gasteiger charge is 2.09. The van der Waals surface area contributed by atoms with Crippen molar-refractivity contribution in [2.45, 2.75) is 46.5 Å². The van der Waals surface area contributed by atoms with E-state index in [2.05, 4.69) is 80.5 Å². The maximum Gasteiger partial charge on any atom is 0.226 e. The summed E-state index contributed by atoms with van der Waals surface area (Å²) in [5, 5.41) is 5.57. The number of carbonyl (C=O) groups is 1. The minimum absolute atomic E-state index is 0.00363. The third-order valence-corrected chi connectivity index (χ3v) is 5.60. The standard InChI is InChI=1S/C23H26N2OS/c1-15(2)19-10-6-18(7-11-19)8-12-22(26)25-23-24-21(14-27-23)20-9-5-16(3)17(4)13-20/h5-7,9-11,13-15H,8,12H2,1-4H3,(H,24,25,26). The second-order valence-electron chi connectivity index (χ2n) is 7.28. The smallest absolute Gasteiger partial charge is 0.226 e. The van der Waals surface area contributed by atoms with E-state index in [9.17, 15) is 4.79 Å². The topological polar surface area (TPSA) is 42.0 Å². The van der Waals surface area contributed by atoms with E-state index in [-0.39, 0.29) is 5.91 Å². The summed E-state index contributed by atoms with van der Waals surface area (Å²) in [4.78, 5) is 16.8. The molecule has 27 heavy (non-hydrogen) atoms. The lowest BCUT2D eigenvalue weighted by atomic mass is 10.0. The number of aryl methyl sites for hydroxylation is 3. The summed E-state index contributed by atoms with van der Waals surface area (Å²) in [6.45, 7) is 8.56. The van der Waals surface area contributed by atoms with Crippen LogP contribution in [0.3, 0.4) is 0 Å². The second kappa shape index (κ2) is 8.49. The van der Waals surface area contributed by atoms with Gasteiger partial charge in [-0.2, -0.15) is 0 Å². The van der Waals surface area contributed by atoms with Crippen LogP contribution in [0.1, 0.15) is 48.4 Å². The van der Waals surface area contributed by atoms with Crippen molar-refractivity contribution in [3.8, 4) is 11.3 Å². The number of nitrogens with zero attached hydrogens (tertiary/aromatic N) is 1. The van der Waals surface area contributed by atoms with Gasteiger partial charge in [-0.25, -0.2) is 4.98 Å². The number of rotatable bonds is 6. The molecule has 0 unspecified atom stereocenters. The maximum atomic E-state index is 12.3. The Balaban J connectivity index is 1.56. The van der Waals surface area contributed by atoms with Gasteiger partial charge in [0.15, 0.2) is 5.13 Å². The normalized spacial score (nSPS) is 11.0. The predicted molar refractivity (Wildman–Crippen MR) is 115 cm³/mol. The summed E-state index contributed by atoms with van der Waals surface area (Å²) in [5.74, 6) is 0.530. The number of thiazole rings is 1. The zero-order valence-corrected chi connectivity index (χ0v) is 17.2. The molecule has 0 fully saturated rings. The van der Waals surface area contributed by atoms with E-state index in [1.54, 1.807) is 0 Å². The van der Waals surface area contributed by atoms with Gasteiger partial charge in [0.05, 0.1) is 5.69 Å². The SMILES string of the molecule is Cc1ccc(-c2csc(NC(=O)CCc3ccc(C(C)C)cc3)n2)cc1C. The third-order valence-electron chi connectivity index (χ3n) is 4.84. The number of nitrogens with one attached hydrogen (secondary N) is 1. The van der Waals surface area contributed by atoms with Gasteiger partial charge >= 0.3 is 0 Å². The van der Waals surface area contributed by atoms with Gasteiger partial charge in [-0.05, 0) is 54.5 Å². The molecule has 0 aliphatic carbocycles. The molecule has 1 aromatic heterocycles. The van der Waals surface area contributed by atoms with Gasteiger partial charge in [0.1, 0.15) is 0 Å². The van der Waals surface area contributed by atoms with Gasteiger partial charge in [-0.1, -0.05) is 50.2 Å². The van der Waals surface area contributed by atoms with E-state index in [0.717, 1.165) is 17.7 Å². The first kappa shape index (κ1) is 19.3. The molecule has 0 saturated heterocycles. The molecule has 4 heteroatoms. The van der Waals surface area contributed by atoms with Crippen molar-refractivity contribution in [3.63, 3.8) is 0 Å². The van der Waals surface area contributed by atoms with Crippen molar-refractivity contribution in [3.05, 3.63) is 70.1 Å². The maximum absolute atomic E-state index is 12.3. The fourth-order valence-corrected chi connectivity index (χ4v) is 3.61. The summed E-state index contributed by atoms with van der Waals surface area (Å²) < 4.78 is 0. The van der Waals surface area contributed by atoms with Gasteiger partial charge in [0, 0.05) is 17.4 Å². The fraction of sp³-hybridized carbons (Fsp3) is 0.304. The van der Waals surface area contributed by atoms with Crippen LogP contribution in [0.4, 0.5) is 5.13 Å². The van der Waals surface area contributed by atoms with Crippen LogP contribution in [0.15, 0.2) is 47.8 Å². The van der Waals surface area contributed by atoms with E-state index < -0.39 is 0 Å². The number of carbonyl (C=O) groups excluding carboxylic acids is 1. The van der Waals surface area contributed by atoms with Gasteiger partial charge in [0.2, 0.25) is 5.91 Å². The Labute approximate surface area is 165 Å². The number of aromatic nitrogens is 1. The largest absolute Gasteiger partial charge is 0.302 e. The predicted octanol–water partition coefficient (Wildman–Crippen LogP) is 6.12. The number of anilines is 1. The number of hydrogen-bond acceptors (Lipinski definition) is 3. The van der Waals surface area contributed by atoms with E-state index in [0.29, 0.717) is 17.5 Å². The summed E-state index contributed by atoms with van der Waals surface area (Å²) >= 11 is 1.47. The first-order chi connectivity index (χ1) is 12.9. The zero-order valence-electron chi connectivity index (χ0n) is 16.4. The van der Waals surface area contributed by atoms with E-state index in [1.165, 1.54) is 33.6 Å². The molecular formula is C23H26N2OS. The third kappa shape index (κ3) is 5.04. The number of amides is 1. The monoisotopic (exact) mass is 378 g/mol. The van der Waals surface area contributed by atoms with Crippen molar-refractivity contribution in [2.75, 3.05) is 5.32 Å². The van der Waals surface area contributed by atoms with E-state index in [1.807, 2.05) is 5.38 Å². The molecule has 3 nitrogen and oxygen atoms in total. The second-order valence-corrected chi connectivity index (χ2v) is 8.14. The molecule has 0 bridgehead atoms. The van der Waals surface area contributed by atoms with Gasteiger partial charge in [-0.3, -0.25) is 4.79 Å². The summed E-state index contributed by atoms with van der Waals surface area (Å²) in [7, 11) is 0. The summed E-state index contributed by atoms with van der Waals surface area (Å²) in [5.41, 5.74) is 7.01. The fourth-order valence-electron chi connectivity index (χ4n) is 2.87. The Morgan fingerprint density at radius 1 is 1.07 bits per heavy atom. The number of hydrogen-bond donors (Lipinski definition) is 1. The van der Waals surface area contributed by atoms with Crippen molar-refractivity contribution in [1.29, 1.82) is 0 Å². The van der Waals surface area contributed by atoms with Crippen molar-refractivity contribution in [2.24, 2.45) is 0 Å². The summed E-state index contributed by atoms with van der Waals surface area (Å²) in [6.07, 6.45) is 1.19. The highest BCUT2D eigenvalue weighted by molar-refractivity contribution is 7.14. The van der Waals surface area contributed by atoms with Crippen LogP contribution in [-0.4, -0.2) is 10.9 Å². The van der Waals surface area contributed by atoms with Crippen LogP contribution in [0.25, 0.3) is 11.3 Å². The van der Waals surface area contributed by atoms with Crippen molar-refractivity contribution >= 4 is 22.4 Å². The molecule has 2 aromatic carbocycles. The van der Waals surface area contributed by atoms with Crippen LogP contribution in [-0.2, 0) is 11.2 Å². The molecule has 140 valence electrons. The Morgan fingerprint density at radius 2 is 1.81 bits per heavy atom. The van der Waals surface area contributed by atoms with E-state index >= 15 is 0 Å². The molecule has 0 atom stereocenters. The lowest BCUT2D eigenvalue weighted by molar-refractivity contribution is -0.116. The Bertz CT molecular complexity index is 926. The Morgan fingerprint density at radius 3 is 2.48 bits per heavy atom. The average Bonchev–Trinajstić information content (AvgIpc) is 3.11. The minimum Gasteiger partial charge on any atom is -0.302 e. The highest BCUT2D eigenvalue weighted by Crippen LogP contribution is 2.26. The van der Waals surface area contributed by atoms with Crippen LogP contribution in [0.2, 0.25) is 0 Å². The van der Waals surface area contributed by atoms with Crippen LogP contribution in [0.5, 0.6) is 0 Å². The summed E-state index contributed by atoms with van der Waals surface area (Å²) in [6, 6.07) is 14.8. The lowest BCUT2D eigenvalue weighted by Gasteiger charge is -2.07. The zero-order chi connectivity index (χ0) is 19.4. The van der Waals surface area contributed by atoms with Crippen LogP contribution < -0.4 is 5.32 Å². The first-order valence-corrected chi connectivity index (χ1v) is 10.2. The Kier molecular flexibility index (Phi) is 6.07. The van der Waals surface area contributed by atoms with Gasteiger partial charge in [0.25, 0.3) is 0 Å². The van der Waals surface area contributed by atoms with Crippen LogP contribution in [0, 0.1) is 13.8 Å². The first-order valence-electron chi connectivity index (χ1n) is 9.34. The quantitative estimate of drug-likeness (QED) is 0.561. The van der Waals surface area contributed by atoms with Crippen molar-refractivity contribution in [1.82, 2.24) is 4.98 Å². The molecule has 0 saturated carbocycles. The molecule has 1 N–H and O–H groups in total. The molecule has 3 rings (SSSR count). The number of benzene rings is 2. The molecule has 0 aliphatic rings. The lowest BCUT2D eigenvalue weighted by Crippen LogP contribution is -2.12. The highest BCUT2D eigenvalue weighted by atomic mass is 32.1. The van der Waals surface area contributed by atoms with Crippen LogP contribution >= 0.6 is 11.3 Å². The molecule has 0 spiro atoms. The Hall–Kier alpha value is -2.46.